The Morgan fingerprint density at radius 3 is 2.50 bits per heavy atom. The number of hydrogen-bond donors (Lipinski definition) is 0. The van der Waals surface area contributed by atoms with E-state index in [1.54, 1.807) is 6.07 Å². The summed E-state index contributed by atoms with van der Waals surface area (Å²) in [5.41, 5.74) is 0.188. The topological polar surface area (TPSA) is 0 Å². The summed E-state index contributed by atoms with van der Waals surface area (Å²) in [6.07, 6.45) is -4.39. The van der Waals surface area contributed by atoms with E-state index in [4.69, 9.17) is 11.6 Å². The number of benzene rings is 1. The third-order valence-electron chi connectivity index (χ3n) is 2.16. The fraction of sp³-hybridized carbons (Fsp3) is 0.0769. The number of halogens is 4. The summed E-state index contributed by atoms with van der Waals surface area (Å²) in [4.78, 5) is 0. The highest BCUT2D eigenvalue weighted by Crippen LogP contribution is 2.31. The minimum Gasteiger partial charge on any atom is -0.166 e. The monoisotopic (exact) mass is 286 g/mol. The molecular weight excluding hydrogens is 281 g/mol. The van der Waals surface area contributed by atoms with Gasteiger partial charge in [-0.15, -0.1) is 0 Å². The molecular formula is C13H6ClF3S. The van der Waals surface area contributed by atoms with Crippen LogP contribution in [0, 0.1) is 11.8 Å². The lowest BCUT2D eigenvalue weighted by Crippen LogP contribution is -2.04. The molecule has 0 unspecified atom stereocenters. The molecule has 0 aliphatic heterocycles. The number of hydrogen-bond acceptors (Lipinski definition) is 1. The van der Waals surface area contributed by atoms with Crippen LogP contribution in [0.4, 0.5) is 13.2 Å². The lowest BCUT2D eigenvalue weighted by molar-refractivity contribution is -0.137. The minimum absolute atomic E-state index is 0.178. The molecule has 0 radical (unpaired) electrons. The zero-order chi connectivity index (χ0) is 13.2. The molecule has 0 saturated heterocycles. The molecule has 0 bridgehead atoms. The van der Waals surface area contributed by atoms with Crippen LogP contribution in [0.1, 0.15) is 16.7 Å². The van der Waals surface area contributed by atoms with Gasteiger partial charge in [0.15, 0.2) is 0 Å². The Bertz CT molecular complexity index is 603. The molecule has 1 heterocycles. The van der Waals surface area contributed by atoms with Crippen molar-refractivity contribution in [2.24, 2.45) is 0 Å². The van der Waals surface area contributed by atoms with Gasteiger partial charge in [0, 0.05) is 16.5 Å². The van der Waals surface area contributed by atoms with Crippen molar-refractivity contribution < 1.29 is 13.2 Å². The van der Waals surface area contributed by atoms with Gasteiger partial charge in [0.1, 0.15) is 0 Å². The Hall–Kier alpha value is -1.44. The fourth-order valence-electron chi connectivity index (χ4n) is 1.27. The van der Waals surface area contributed by atoms with Crippen LogP contribution in [-0.2, 0) is 6.18 Å². The van der Waals surface area contributed by atoms with Gasteiger partial charge in [-0.05, 0) is 29.6 Å². The summed E-state index contributed by atoms with van der Waals surface area (Å²) >= 11 is 7.29. The molecule has 1 aromatic heterocycles. The third kappa shape index (κ3) is 3.06. The smallest absolute Gasteiger partial charge is 0.166 e. The van der Waals surface area contributed by atoms with Gasteiger partial charge in [-0.3, -0.25) is 0 Å². The maximum atomic E-state index is 12.5. The zero-order valence-corrected chi connectivity index (χ0v) is 10.5. The molecule has 0 fully saturated rings. The van der Waals surface area contributed by atoms with Crippen molar-refractivity contribution >= 4 is 22.9 Å². The first-order valence-corrected chi connectivity index (χ1v) is 6.20. The van der Waals surface area contributed by atoms with Crippen molar-refractivity contribution in [3.05, 3.63) is 56.7 Å². The van der Waals surface area contributed by atoms with Crippen LogP contribution >= 0.6 is 22.9 Å². The molecule has 2 aromatic rings. The first-order valence-electron chi connectivity index (χ1n) is 4.88. The highest BCUT2D eigenvalue weighted by Gasteiger charge is 2.30. The predicted molar refractivity (Wildman–Crippen MR) is 66.8 cm³/mol. The Balaban J connectivity index is 2.39. The SMILES string of the molecule is FC(F)(F)c1ccc(Cl)c(C#Cc2ccsc2)c1. The normalized spacial score (nSPS) is 10.9. The standard InChI is InChI=1S/C13H6ClF3S/c14-12-4-3-11(13(15,16)17)7-10(12)2-1-9-5-6-18-8-9/h3-8H. The van der Waals surface area contributed by atoms with E-state index in [2.05, 4.69) is 11.8 Å². The molecule has 0 aliphatic rings. The van der Waals surface area contributed by atoms with Gasteiger partial charge >= 0.3 is 6.18 Å². The van der Waals surface area contributed by atoms with E-state index in [1.807, 2.05) is 10.8 Å². The van der Waals surface area contributed by atoms with Gasteiger partial charge in [0.2, 0.25) is 0 Å². The maximum Gasteiger partial charge on any atom is 0.416 e. The maximum absolute atomic E-state index is 12.5. The number of alkyl halides is 3. The summed E-state index contributed by atoms with van der Waals surface area (Å²) in [7, 11) is 0. The van der Waals surface area contributed by atoms with Crippen molar-refractivity contribution in [2.75, 3.05) is 0 Å². The van der Waals surface area contributed by atoms with Crippen LogP contribution in [0.3, 0.4) is 0 Å². The Morgan fingerprint density at radius 1 is 1.11 bits per heavy atom. The molecule has 0 nitrogen and oxygen atoms in total. The predicted octanol–water partition coefficient (Wildman–Crippen LogP) is 4.82. The Morgan fingerprint density at radius 2 is 1.89 bits per heavy atom. The lowest BCUT2D eigenvalue weighted by Gasteiger charge is -2.07. The van der Waals surface area contributed by atoms with E-state index in [9.17, 15) is 13.2 Å². The van der Waals surface area contributed by atoms with E-state index in [0.29, 0.717) is 0 Å². The summed E-state index contributed by atoms with van der Waals surface area (Å²) in [6, 6.07) is 4.90. The molecule has 92 valence electrons. The lowest BCUT2D eigenvalue weighted by atomic mass is 10.1. The van der Waals surface area contributed by atoms with Gasteiger partial charge in [0.05, 0.1) is 10.6 Å². The van der Waals surface area contributed by atoms with Gasteiger partial charge in [-0.1, -0.05) is 23.4 Å². The van der Waals surface area contributed by atoms with Crippen molar-refractivity contribution in [3.63, 3.8) is 0 Å². The van der Waals surface area contributed by atoms with Crippen LogP contribution in [0.2, 0.25) is 5.02 Å². The van der Waals surface area contributed by atoms with Crippen molar-refractivity contribution in [3.8, 4) is 11.8 Å². The fourth-order valence-corrected chi connectivity index (χ4v) is 2.03. The highest BCUT2D eigenvalue weighted by molar-refractivity contribution is 7.08. The van der Waals surface area contributed by atoms with Crippen molar-refractivity contribution in [2.45, 2.75) is 6.18 Å². The van der Waals surface area contributed by atoms with Crippen molar-refractivity contribution in [1.82, 2.24) is 0 Å². The van der Waals surface area contributed by atoms with Crippen LogP contribution in [0.5, 0.6) is 0 Å². The Labute approximate surface area is 111 Å². The molecule has 0 N–H and O–H groups in total. The van der Waals surface area contributed by atoms with E-state index < -0.39 is 11.7 Å². The summed E-state index contributed by atoms with van der Waals surface area (Å²) in [5, 5.41) is 3.87. The number of rotatable bonds is 0. The molecule has 0 atom stereocenters. The van der Waals surface area contributed by atoms with Crippen LogP contribution in [0.25, 0.3) is 0 Å². The molecule has 0 spiro atoms. The largest absolute Gasteiger partial charge is 0.416 e. The van der Waals surface area contributed by atoms with Gasteiger partial charge in [0.25, 0.3) is 0 Å². The van der Waals surface area contributed by atoms with Crippen LogP contribution in [0.15, 0.2) is 35.0 Å². The first kappa shape index (κ1) is 13.0. The second kappa shape index (κ2) is 5.05. The third-order valence-corrected chi connectivity index (χ3v) is 3.17. The Kier molecular flexibility index (Phi) is 3.65. The average molecular weight is 287 g/mol. The van der Waals surface area contributed by atoms with Crippen LogP contribution in [-0.4, -0.2) is 0 Å². The van der Waals surface area contributed by atoms with Crippen molar-refractivity contribution in [1.29, 1.82) is 0 Å². The van der Waals surface area contributed by atoms with Gasteiger partial charge in [-0.25, -0.2) is 0 Å². The molecule has 5 heteroatoms. The molecule has 1 aromatic carbocycles. The molecule has 0 saturated carbocycles. The highest BCUT2D eigenvalue weighted by atomic mass is 35.5. The molecule has 18 heavy (non-hydrogen) atoms. The van der Waals surface area contributed by atoms with Gasteiger partial charge < -0.3 is 0 Å². The van der Waals surface area contributed by atoms with E-state index in [-0.39, 0.29) is 10.6 Å². The molecule has 0 amide bonds. The zero-order valence-electron chi connectivity index (χ0n) is 8.88. The summed E-state index contributed by atoms with van der Waals surface area (Å²) in [5.74, 6) is 5.42. The van der Waals surface area contributed by atoms with E-state index >= 15 is 0 Å². The minimum atomic E-state index is -4.39. The van der Waals surface area contributed by atoms with E-state index in [0.717, 1.165) is 17.7 Å². The summed E-state index contributed by atoms with van der Waals surface area (Å²) < 4.78 is 37.6. The van der Waals surface area contributed by atoms with E-state index in [1.165, 1.54) is 17.4 Å². The molecule has 2 rings (SSSR count). The quantitative estimate of drug-likeness (QED) is 0.609. The second-order valence-electron chi connectivity index (χ2n) is 3.45. The number of thiophene rings is 1. The average Bonchev–Trinajstić information content (AvgIpc) is 2.79. The summed E-state index contributed by atoms with van der Waals surface area (Å²) in [6.45, 7) is 0. The van der Waals surface area contributed by atoms with Crippen LogP contribution < -0.4 is 0 Å². The first-order chi connectivity index (χ1) is 8.47. The second-order valence-corrected chi connectivity index (χ2v) is 4.64. The van der Waals surface area contributed by atoms with Gasteiger partial charge in [-0.2, -0.15) is 24.5 Å². The molecule has 0 aliphatic carbocycles.